The van der Waals surface area contributed by atoms with Crippen LogP contribution in [0.25, 0.3) is 5.65 Å². The van der Waals surface area contributed by atoms with Crippen molar-refractivity contribution in [2.24, 2.45) is 14.1 Å². The Morgan fingerprint density at radius 2 is 1.86 bits per heavy atom. The first-order chi connectivity index (χ1) is 13.9. The van der Waals surface area contributed by atoms with Gasteiger partial charge in [-0.05, 0) is 38.1 Å². The van der Waals surface area contributed by atoms with E-state index in [9.17, 15) is 14.4 Å². The molecule has 3 aromatic heterocycles. The van der Waals surface area contributed by atoms with Gasteiger partial charge in [-0.1, -0.05) is 6.07 Å². The average molecular weight is 397 g/mol. The van der Waals surface area contributed by atoms with Gasteiger partial charge in [0.2, 0.25) is 0 Å². The lowest BCUT2D eigenvalue weighted by molar-refractivity contribution is 0.0906. The van der Waals surface area contributed by atoms with Crippen molar-refractivity contribution in [3.8, 4) is 0 Å². The van der Waals surface area contributed by atoms with Gasteiger partial charge >= 0.3 is 5.69 Å². The average Bonchev–Trinajstić information content (AvgIpc) is 3.16. The molecule has 1 aliphatic rings. The fourth-order valence-corrected chi connectivity index (χ4v) is 3.89. The van der Waals surface area contributed by atoms with Gasteiger partial charge in [0.15, 0.2) is 11.4 Å². The van der Waals surface area contributed by atoms with Crippen LogP contribution in [-0.4, -0.2) is 54.0 Å². The van der Waals surface area contributed by atoms with E-state index in [1.54, 1.807) is 0 Å². The summed E-state index contributed by atoms with van der Waals surface area (Å²) in [5, 5.41) is 8.55. The van der Waals surface area contributed by atoms with Gasteiger partial charge in [-0.25, -0.2) is 4.79 Å². The Balaban J connectivity index is 1.47. The molecule has 4 heterocycles. The number of rotatable bonds is 4. The molecule has 0 radical (unpaired) electrons. The van der Waals surface area contributed by atoms with Crippen LogP contribution in [0.1, 0.15) is 34.9 Å². The minimum absolute atomic E-state index is 0.0882. The van der Waals surface area contributed by atoms with Gasteiger partial charge < -0.3 is 5.73 Å². The van der Waals surface area contributed by atoms with Crippen LogP contribution in [0.5, 0.6) is 0 Å². The molecular formula is C19H23N7O3. The summed E-state index contributed by atoms with van der Waals surface area (Å²) in [4.78, 5) is 39.1. The number of carbonyl (C=O) groups excluding carboxylic acids is 1. The van der Waals surface area contributed by atoms with Crippen molar-refractivity contribution >= 4 is 17.2 Å². The van der Waals surface area contributed by atoms with Crippen LogP contribution in [0.3, 0.4) is 0 Å². The Kier molecular flexibility index (Phi) is 4.79. The normalized spacial score (nSPS) is 15.8. The molecule has 0 atom stereocenters. The molecule has 0 aromatic carbocycles. The summed E-state index contributed by atoms with van der Waals surface area (Å²) in [5.41, 5.74) is 5.38. The second-order valence-corrected chi connectivity index (χ2v) is 7.43. The van der Waals surface area contributed by atoms with Crippen LogP contribution in [0.2, 0.25) is 0 Å². The topological polar surface area (TPSA) is 121 Å². The van der Waals surface area contributed by atoms with Crippen molar-refractivity contribution in [3.63, 3.8) is 0 Å². The number of piperidine rings is 1. The minimum atomic E-state index is -0.652. The van der Waals surface area contributed by atoms with Gasteiger partial charge in [0, 0.05) is 26.2 Å². The molecule has 0 spiro atoms. The number of anilines is 1. The molecule has 4 rings (SSSR count). The zero-order valence-electron chi connectivity index (χ0n) is 16.4. The fourth-order valence-electron chi connectivity index (χ4n) is 3.89. The molecule has 2 N–H and O–H groups in total. The molecule has 1 aliphatic heterocycles. The molecule has 3 aromatic rings. The predicted molar refractivity (Wildman–Crippen MR) is 107 cm³/mol. The van der Waals surface area contributed by atoms with E-state index < -0.39 is 11.2 Å². The number of Topliss-reactive ketones (excluding diaryl/α,β-unsaturated/α-hetero) is 1. The zero-order chi connectivity index (χ0) is 20.7. The Morgan fingerprint density at radius 3 is 2.59 bits per heavy atom. The molecule has 10 nitrogen and oxygen atoms in total. The van der Waals surface area contributed by atoms with Crippen molar-refractivity contribution in [2.75, 3.05) is 25.4 Å². The zero-order valence-corrected chi connectivity index (χ0v) is 16.4. The monoisotopic (exact) mass is 397 g/mol. The Hall–Kier alpha value is -3.27. The summed E-state index contributed by atoms with van der Waals surface area (Å²) >= 11 is 0. The standard InChI is InChI=1S/C19H23N7O3/c1-23-16(20)15(18(28)24(2)19(23)29)13(27)11-25-9-6-12(7-10-25)17-22-21-14-5-3-4-8-26(14)17/h3-5,8,12H,6-7,9-11,20H2,1-2H3. The summed E-state index contributed by atoms with van der Waals surface area (Å²) in [6.07, 6.45) is 3.63. The highest BCUT2D eigenvalue weighted by atomic mass is 16.2. The second-order valence-electron chi connectivity index (χ2n) is 7.43. The van der Waals surface area contributed by atoms with E-state index in [4.69, 9.17) is 5.73 Å². The maximum absolute atomic E-state index is 12.8. The molecule has 1 saturated heterocycles. The highest BCUT2D eigenvalue weighted by Crippen LogP contribution is 2.27. The number of nitrogen functional groups attached to an aromatic ring is 1. The first kappa shape index (κ1) is 19.1. The van der Waals surface area contributed by atoms with E-state index in [0.717, 1.165) is 33.4 Å². The lowest BCUT2D eigenvalue weighted by Gasteiger charge is -2.30. The lowest BCUT2D eigenvalue weighted by Crippen LogP contribution is -2.44. The number of carbonyl (C=O) groups is 1. The van der Waals surface area contributed by atoms with Crippen molar-refractivity contribution < 1.29 is 4.79 Å². The van der Waals surface area contributed by atoms with Gasteiger partial charge in [-0.3, -0.25) is 28.0 Å². The van der Waals surface area contributed by atoms with Gasteiger partial charge in [0.1, 0.15) is 17.2 Å². The van der Waals surface area contributed by atoms with Crippen molar-refractivity contribution in [1.82, 2.24) is 28.6 Å². The Labute approximate surface area is 166 Å². The van der Waals surface area contributed by atoms with E-state index in [1.165, 1.54) is 14.1 Å². The molecule has 29 heavy (non-hydrogen) atoms. The quantitative estimate of drug-likeness (QED) is 0.604. The molecule has 0 unspecified atom stereocenters. The number of hydrogen-bond donors (Lipinski definition) is 1. The van der Waals surface area contributed by atoms with Gasteiger partial charge in [-0.2, -0.15) is 0 Å². The van der Waals surface area contributed by atoms with Crippen molar-refractivity contribution in [3.05, 3.63) is 56.6 Å². The molecule has 10 heteroatoms. The number of ketones is 1. The van der Waals surface area contributed by atoms with Crippen LogP contribution in [-0.2, 0) is 14.1 Å². The maximum atomic E-state index is 12.8. The molecular weight excluding hydrogens is 374 g/mol. The molecule has 0 amide bonds. The van der Waals surface area contributed by atoms with Crippen LogP contribution in [0.4, 0.5) is 5.82 Å². The first-order valence-electron chi connectivity index (χ1n) is 9.49. The number of nitrogens with two attached hydrogens (primary N) is 1. The maximum Gasteiger partial charge on any atom is 0.332 e. The lowest BCUT2D eigenvalue weighted by atomic mass is 9.95. The third kappa shape index (κ3) is 3.25. The van der Waals surface area contributed by atoms with E-state index in [0.29, 0.717) is 13.1 Å². The molecule has 0 saturated carbocycles. The highest BCUT2D eigenvalue weighted by molar-refractivity contribution is 6.01. The third-order valence-corrected chi connectivity index (χ3v) is 5.65. The van der Waals surface area contributed by atoms with Crippen LogP contribution in [0.15, 0.2) is 34.0 Å². The molecule has 152 valence electrons. The first-order valence-corrected chi connectivity index (χ1v) is 9.49. The number of hydrogen-bond acceptors (Lipinski definition) is 7. The Bertz CT molecular complexity index is 1200. The third-order valence-electron chi connectivity index (χ3n) is 5.65. The van der Waals surface area contributed by atoms with E-state index in [2.05, 4.69) is 10.2 Å². The second kappa shape index (κ2) is 7.28. The van der Waals surface area contributed by atoms with Crippen LogP contribution >= 0.6 is 0 Å². The number of fused-ring (bicyclic) bond motifs is 1. The molecule has 1 fully saturated rings. The highest BCUT2D eigenvalue weighted by Gasteiger charge is 2.27. The molecule has 0 bridgehead atoms. The number of aromatic nitrogens is 5. The number of nitrogens with zero attached hydrogens (tertiary/aromatic N) is 6. The summed E-state index contributed by atoms with van der Waals surface area (Å²) in [7, 11) is 2.79. The smallest absolute Gasteiger partial charge is 0.332 e. The van der Waals surface area contributed by atoms with Gasteiger partial charge in [-0.15, -0.1) is 10.2 Å². The number of pyridine rings is 1. The van der Waals surface area contributed by atoms with Crippen molar-refractivity contribution in [1.29, 1.82) is 0 Å². The summed E-state index contributed by atoms with van der Waals surface area (Å²) in [5.74, 6) is 0.731. The van der Waals surface area contributed by atoms with Gasteiger partial charge in [0.05, 0.1) is 6.54 Å². The van der Waals surface area contributed by atoms with E-state index in [1.807, 2.05) is 33.7 Å². The number of likely N-dealkylation sites (tertiary alicyclic amines) is 1. The Morgan fingerprint density at radius 1 is 1.14 bits per heavy atom. The largest absolute Gasteiger partial charge is 0.384 e. The van der Waals surface area contributed by atoms with E-state index >= 15 is 0 Å². The minimum Gasteiger partial charge on any atom is -0.384 e. The van der Waals surface area contributed by atoms with Crippen LogP contribution in [0, 0.1) is 0 Å². The van der Waals surface area contributed by atoms with E-state index in [-0.39, 0.29) is 29.6 Å². The molecule has 0 aliphatic carbocycles. The summed E-state index contributed by atoms with van der Waals surface area (Å²) < 4.78 is 4.03. The van der Waals surface area contributed by atoms with Crippen LogP contribution < -0.4 is 17.0 Å². The SMILES string of the molecule is Cn1c(N)c(C(=O)CN2CCC(c3nnc4ccccn34)CC2)c(=O)n(C)c1=O. The summed E-state index contributed by atoms with van der Waals surface area (Å²) in [6.45, 7) is 1.49. The predicted octanol–water partition coefficient (Wildman–Crippen LogP) is -0.229. The fraction of sp³-hybridized carbons (Fsp3) is 0.421. The van der Waals surface area contributed by atoms with Gasteiger partial charge in [0.25, 0.3) is 5.56 Å². The van der Waals surface area contributed by atoms with Crippen molar-refractivity contribution in [2.45, 2.75) is 18.8 Å². The summed E-state index contributed by atoms with van der Waals surface area (Å²) in [6, 6.07) is 5.80.